The highest BCUT2D eigenvalue weighted by molar-refractivity contribution is 6.31. The van der Waals surface area contributed by atoms with E-state index in [0.29, 0.717) is 37.0 Å². The molecule has 4 aromatic rings. The van der Waals surface area contributed by atoms with Gasteiger partial charge in [0.15, 0.2) is 0 Å². The van der Waals surface area contributed by atoms with Gasteiger partial charge in [0.1, 0.15) is 0 Å². The minimum atomic E-state index is -0.250. The minimum Gasteiger partial charge on any atom is -0.361 e. The summed E-state index contributed by atoms with van der Waals surface area (Å²) in [6, 6.07) is 26.1. The Balaban J connectivity index is 1.27. The van der Waals surface area contributed by atoms with Gasteiger partial charge in [-0.15, -0.1) is 0 Å². The van der Waals surface area contributed by atoms with Gasteiger partial charge in [-0.25, -0.2) is 0 Å². The average molecular weight is 557 g/mol. The zero-order valence-electron chi connectivity index (χ0n) is 23.0. The molecule has 6 nitrogen and oxygen atoms in total. The fourth-order valence-corrected chi connectivity index (χ4v) is 5.95. The third-order valence-corrected chi connectivity index (χ3v) is 8.31. The Labute approximate surface area is 241 Å². The number of piperidine rings is 1. The molecule has 40 heavy (non-hydrogen) atoms. The lowest BCUT2D eigenvalue weighted by molar-refractivity contribution is -0.131. The van der Waals surface area contributed by atoms with Gasteiger partial charge in [-0.05, 0) is 67.1 Å². The number of amides is 2. The number of hydrogen-bond donors (Lipinski definition) is 2. The summed E-state index contributed by atoms with van der Waals surface area (Å²) in [7, 11) is 0. The highest BCUT2D eigenvalue weighted by atomic mass is 35.5. The summed E-state index contributed by atoms with van der Waals surface area (Å²) >= 11 is 6.41. The topological polar surface area (TPSA) is 68.4 Å². The lowest BCUT2D eigenvalue weighted by Crippen LogP contribution is -2.49. The minimum absolute atomic E-state index is 0.00996. The van der Waals surface area contributed by atoms with Crippen LogP contribution < -0.4 is 5.32 Å². The van der Waals surface area contributed by atoms with Gasteiger partial charge in [0.25, 0.3) is 0 Å². The van der Waals surface area contributed by atoms with Crippen LogP contribution in [0.5, 0.6) is 0 Å². The predicted octanol–water partition coefficient (Wildman–Crippen LogP) is 5.78. The van der Waals surface area contributed by atoms with Crippen molar-refractivity contribution in [2.24, 2.45) is 0 Å². The molecule has 1 aliphatic rings. The standard InChI is InChI=1S/C33H37ClN4O2/c1-24(39)38(21-27-11-5-7-13-31(27)34)22-29(19-28-20-35-32-14-8-6-12-30(28)32)36-33(40)23-37-17-15-26(16-18-37)25-9-3-2-4-10-25/h2-14,20,26,29,35H,15-19,21-23H2,1H3,(H,36,40)/t29-/m1/s1. The molecule has 2 amide bonds. The number of hydrogen-bond acceptors (Lipinski definition) is 3. The van der Waals surface area contributed by atoms with Crippen LogP contribution in [-0.2, 0) is 22.6 Å². The number of H-pyrrole nitrogens is 1. The molecule has 1 aliphatic heterocycles. The van der Waals surface area contributed by atoms with Crippen LogP contribution in [0.4, 0.5) is 0 Å². The van der Waals surface area contributed by atoms with Crippen molar-refractivity contribution < 1.29 is 9.59 Å². The number of para-hydroxylation sites is 1. The van der Waals surface area contributed by atoms with Crippen LogP contribution in [0.25, 0.3) is 10.9 Å². The van der Waals surface area contributed by atoms with Gasteiger partial charge in [-0.1, -0.05) is 78.3 Å². The van der Waals surface area contributed by atoms with Crippen molar-refractivity contribution in [3.63, 3.8) is 0 Å². The Morgan fingerprint density at radius 1 is 0.975 bits per heavy atom. The molecule has 1 aromatic heterocycles. The quantitative estimate of drug-likeness (QED) is 0.260. The largest absolute Gasteiger partial charge is 0.361 e. The van der Waals surface area contributed by atoms with E-state index in [1.54, 1.807) is 11.8 Å². The number of nitrogens with zero attached hydrogens (tertiary/aromatic N) is 2. The number of fused-ring (bicyclic) bond motifs is 1. The molecule has 2 N–H and O–H groups in total. The number of benzene rings is 3. The summed E-state index contributed by atoms with van der Waals surface area (Å²) in [5.74, 6) is 0.481. The smallest absolute Gasteiger partial charge is 0.234 e. The second-order valence-corrected chi connectivity index (χ2v) is 11.2. The van der Waals surface area contributed by atoms with Crippen molar-refractivity contribution in [2.75, 3.05) is 26.2 Å². The second-order valence-electron chi connectivity index (χ2n) is 10.8. The fraction of sp³-hybridized carbons (Fsp3) is 0.333. The van der Waals surface area contributed by atoms with E-state index in [1.165, 1.54) is 5.56 Å². The Bertz CT molecular complexity index is 1430. The molecule has 0 aliphatic carbocycles. The van der Waals surface area contributed by atoms with Crippen molar-refractivity contribution in [3.8, 4) is 0 Å². The maximum atomic E-state index is 13.3. The summed E-state index contributed by atoms with van der Waals surface area (Å²) in [5.41, 5.74) is 4.44. The molecule has 0 saturated carbocycles. The number of aromatic nitrogens is 1. The van der Waals surface area contributed by atoms with Crippen molar-refractivity contribution in [2.45, 2.75) is 44.7 Å². The molecule has 1 atom stereocenters. The number of carbonyl (C=O) groups excluding carboxylic acids is 2. The normalized spacial score (nSPS) is 15.2. The molecule has 5 rings (SSSR count). The zero-order valence-corrected chi connectivity index (χ0v) is 23.7. The summed E-state index contributed by atoms with van der Waals surface area (Å²) < 4.78 is 0. The van der Waals surface area contributed by atoms with Crippen LogP contribution in [0.2, 0.25) is 5.02 Å². The Morgan fingerprint density at radius 3 is 2.42 bits per heavy atom. The van der Waals surface area contributed by atoms with Gasteiger partial charge in [0.05, 0.1) is 12.6 Å². The number of carbonyl (C=O) groups is 2. The van der Waals surface area contributed by atoms with Crippen molar-refractivity contribution in [1.29, 1.82) is 0 Å². The number of halogens is 1. The van der Waals surface area contributed by atoms with E-state index in [9.17, 15) is 9.59 Å². The molecule has 0 spiro atoms. The van der Waals surface area contributed by atoms with E-state index >= 15 is 0 Å². The van der Waals surface area contributed by atoms with Crippen LogP contribution >= 0.6 is 11.6 Å². The first-order valence-electron chi connectivity index (χ1n) is 14.1. The van der Waals surface area contributed by atoms with Crippen molar-refractivity contribution >= 4 is 34.3 Å². The van der Waals surface area contributed by atoms with Crippen LogP contribution in [0, 0.1) is 0 Å². The third-order valence-electron chi connectivity index (χ3n) is 7.94. The molecular weight excluding hydrogens is 520 g/mol. The molecule has 7 heteroatoms. The van der Waals surface area contributed by atoms with E-state index in [2.05, 4.69) is 51.6 Å². The van der Waals surface area contributed by atoms with Crippen molar-refractivity contribution in [1.82, 2.24) is 20.1 Å². The molecular formula is C33H37ClN4O2. The highest BCUT2D eigenvalue weighted by Gasteiger charge is 2.25. The van der Waals surface area contributed by atoms with E-state index in [1.807, 2.05) is 48.7 Å². The molecule has 3 aromatic carbocycles. The monoisotopic (exact) mass is 556 g/mol. The predicted molar refractivity (Wildman–Crippen MR) is 161 cm³/mol. The molecule has 0 bridgehead atoms. The number of nitrogens with one attached hydrogen (secondary N) is 2. The molecule has 1 saturated heterocycles. The van der Waals surface area contributed by atoms with Gasteiger partial charge >= 0.3 is 0 Å². The van der Waals surface area contributed by atoms with E-state index < -0.39 is 0 Å². The van der Waals surface area contributed by atoms with Gasteiger partial charge in [-0.2, -0.15) is 0 Å². The van der Waals surface area contributed by atoms with Crippen LogP contribution in [-0.4, -0.2) is 58.8 Å². The molecule has 1 fully saturated rings. The van der Waals surface area contributed by atoms with Gasteiger partial charge < -0.3 is 15.2 Å². The first-order valence-corrected chi connectivity index (χ1v) is 14.4. The van der Waals surface area contributed by atoms with Gasteiger partial charge in [-0.3, -0.25) is 14.5 Å². The van der Waals surface area contributed by atoms with Crippen molar-refractivity contribution in [3.05, 3.63) is 107 Å². The van der Waals surface area contributed by atoms with Crippen LogP contribution in [0.3, 0.4) is 0 Å². The summed E-state index contributed by atoms with van der Waals surface area (Å²) in [6.45, 7) is 4.50. The van der Waals surface area contributed by atoms with E-state index in [4.69, 9.17) is 11.6 Å². The highest BCUT2D eigenvalue weighted by Crippen LogP contribution is 2.27. The Hall–Kier alpha value is -3.61. The Morgan fingerprint density at radius 2 is 1.68 bits per heavy atom. The number of rotatable bonds is 10. The zero-order chi connectivity index (χ0) is 27.9. The van der Waals surface area contributed by atoms with Crippen LogP contribution in [0.1, 0.15) is 42.4 Å². The SMILES string of the molecule is CC(=O)N(Cc1ccccc1Cl)C[C@@H](Cc1c[nH]c2ccccc12)NC(=O)CN1CCC(c2ccccc2)CC1. The first kappa shape index (κ1) is 27.9. The summed E-state index contributed by atoms with van der Waals surface area (Å²) in [5, 5.41) is 5.03. The number of aromatic amines is 1. The Kier molecular flexibility index (Phi) is 9.19. The van der Waals surface area contributed by atoms with E-state index in [-0.39, 0.29) is 17.9 Å². The first-order chi connectivity index (χ1) is 19.5. The van der Waals surface area contributed by atoms with Crippen LogP contribution in [0.15, 0.2) is 85.1 Å². The molecule has 0 radical (unpaired) electrons. The fourth-order valence-electron chi connectivity index (χ4n) is 5.76. The van der Waals surface area contributed by atoms with Gasteiger partial charge in [0.2, 0.25) is 11.8 Å². The maximum absolute atomic E-state index is 13.3. The molecule has 2 heterocycles. The summed E-state index contributed by atoms with van der Waals surface area (Å²) in [4.78, 5) is 33.4. The lowest BCUT2D eigenvalue weighted by atomic mass is 9.89. The lowest BCUT2D eigenvalue weighted by Gasteiger charge is -2.33. The average Bonchev–Trinajstić information content (AvgIpc) is 3.37. The second kappa shape index (κ2) is 13.2. The summed E-state index contributed by atoms with van der Waals surface area (Å²) in [6.07, 6.45) is 4.71. The number of likely N-dealkylation sites (tertiary alicyclic amines) is 1. The molecule has 208 valence electrons. The van der Waals surface area contributed by atoms with Gasteiger partial charge in [0, 0.05) is 42.1 Å². The third kappa shape index (κ3) is 7.12. The maximum Gasteiger partial charge on any atom is 0.234 e. The molecule has 0 unspecified atom stereocenters. The van der Waals surface area contributed by atoms with E-state index in [0.717, 1.165) is 48.0 Å².